The quantitative estimate of drug-likeness (QED) is 0.560. The summed E-state index contributed by atoms with van der Waals surface area (Å²) >= 11 is 0. The SMILES string of the molecule is CCOC(=O)[C@H]1CCCN([C@@H]2CC(=O)N(c3ccc(OCC)cc3)C2=O)C1. The Morgan fingerprint density at radius 1 is 1.15 bits per heavy atom. The van der Waals surface area contributed by atoms with E-state index < -0.39 is 6.04 Å². The molecule has 2 fully saturated rings. The van der Waals surface area contributed by atoms with Crippen LogP contribution in [0.1, 0.15) is 33.1 Å². The number of carbonyl (C=O) groups excluding carboxylic acids is 3. The lowest BCUT2D eigenvalue weighted by atomic mass is 9.96. The summed E-state index contributed by atoms with van der Waals surface area (Å²) in [6, 6.07) is 6.44. The molecule has 2 saturated heterocycles. The van der Waals surface area contributed by atoms with Crippen LogP contribution in [0.3, 0.4) is 0 Å². The molecule has 146 valence electrons. The summed E-state index contributed by atoms with van der Waals surface area (Å²) in [5.41, 5.74) is 0.551. The Kier molecular flexibility index (Phi) is 6.11. The van der Waals surface area contributed by atoms with Crippen LogP contribution in [0.25, 0.3) is 0 Å². The molecule has 3 rings (SSSR count). The molecule has 0 aromatic heterocycles. The molecule has 0 aliphatic carbocycles. The fourth-order valence-electron chi connectivity index (χ4n) is 3.77. The number of hydrogen-bond donors (Lipinski definition) is 0. The number of imide groups is 1. The van der Waals surface area contributed by atoms with Crippen molar-refractivity contribution in [3.05, 3.63) is 24.3 Å². The Bertz CT molecular complexity index is 703. The van der Waals surface area contributed by atoms with Gasteiger partial charge >= 0.3 is 5.97 Å². The van der Waals surface area contributed by atoms with Crippen molar-refractivity contribution in [2.75, 3.05) is 31.2 Å². The number of rotatable bonds is 6. The van der Waals surface area contributed by atoms with E-state index in [9.17, 15) is 14.4 Å². The van der Waals surface area contributed by atoms with Crippen molar-refractivity contribution in [1.82, 2.24) is 4.90 Å². The third kappa shape index (κ3) is 4.13. The number of amides is 2. The molecule has 7 nitrogen and oxygen atoms in total. The molecule has 2 atom stereocenters. The number of likely N-dealkylation sites (tertiary alicyclic amines) is 1. The van der Waals surface area contributed by atoms with Crippen LogP contribution < -0.4 is 9.64 Å². The zero-order chi connectivity index (χ0) is 19.4. The molecule has 2 heterocycles. The van der Waals surface area contributed by atoms with Crippen molar-refractivity contribution >= 4 is 23.5 Å². The van der Waals surface area contributed by atoms with E-state index in [1.54, 1.807) is 31.2 Å². The molecule has 0 unspecified atom stereocenters. The Hall–Kier alpha value is -2.41. The smallest absolute Gasteiger partial charge is 0.310 e. The third-order valence-electron chi connectivity index (χ3n) is 5.04. The second-order valence-electron chi connectivity index (χ2n) is 6.80. The zero-order valence-corrected chi connectivity index (χ0v) is 15.8. The summed E-state index contributed by atoms with van der Waals surface area (Å²) in [7, 11) is 0. The highest BCUT2D eigenvalue weighted by Crippen LogP contribution is 2.30. The molecular weight excluding hydrogens is 348 g/mol. The van der Waals surface area contributed by atoms with Gasteiger partial charge in [0.2, 0.25) is 5.91 Å². The number of carbonyl (C=O) groups is 3. The van der Waals surface area contributed by atoms with Crippen molar-refractivity contribution in [2.45, 2.75) is 39.2 Å². The maximum atomic E-state index is 12.9. The number of anilines is 1. The molecule has 0 saturated carbocycles. The molecule has 2 aliphatic heterocycles. The molecule has 0 N–H and O–H groups in total. The van der Waals surface area contributed by atoms with Crippen LogP contribution in [0.15, 0.2) is 24.3 Å². The summed E-state index contributed by atoms with van der Waals surface area (Å²) in [4.78, 5) is 40.7. The summed E-state index contributed by atoms with van der Waals surface area (Å²) in [6.45, 7) is 5.75. The van der Waals surface area contributed by atoms with E-state index in [0.29, 0.717) is 37.7 Å². The van der Waals surface area contributed by atoms with Gasteiger partial charge in [0.1, 0.15) is 5.75 Å². The first-order valence-electron chi connectivity index (χ1n) is 9.55. The van der Waals surface area contributed by atoms with Crippen LogP contribution in [0.4, 0.5) is 5.69 Å². The Labute approximate surface area is 159 Å². The maximum Gasteiger partial charge on any atom is 0.310 e. The van der Waals surface area contributed by atoms with E-state index >= 15 is 0 Å². The number of benzene rings is 1. The largest absolute Gasteiger partial charge is 0.494 e. The van der Waals surface area contributed by atoms with Crippen LogP contribution in [-0.2, 0) is 19.1 Å². The minimum Gasteiger partial charge on any atom is -0.494 e. The highest BCUT2D eigenvalue weighted by Gasteiger charge is 2.44. The molecule has 0 spiro atoms. The number of ether oxygens (including phenoxy) is 2. The van der Waals surface area contributed by atoms with Gasteiger partial charge < -0.3 is 9.47 Å². The second kappa shape index (κ2) is 8.52. The van der Waals surface area contributed by atoms with Gasteiger partial charge in [-0.15, -0.1) is 0 Å². The first kappa shape index (κ1) is 19.4. The molecule has 1 aromatic carbocycles. The van der Waals surface area contributed by atoms with Gasteiger partial charge in [0.25, 0.3) is 5.91 Å². The minimum absolute atomic E-state index is 0.140. The number of nitrogens with zero attached hydrogens (tertiary/aromatic N) is 2. The molecule has 1 aromatic rings. The molecule has 2 aliphatic rings. The molecule has 0 radical (unpaired) electrons. The molecular formula is C20H26N2O5. The van der Waals surface area contributed by atoms with Crippen LogP contribution in [-0.4, -0.2) is 55.0 Å². The van der Waals surface area contributed by atoms with E-state index in [0.717, 1.165) is 12.8 Å². The summed E-state index contributed by atoms with van der Waals surface area (Å²) < 4.78 is 10.5. The predicted octanol–water partition coefficient (Wildman–Crippen LogP) is 1.99. The van der Waals surface area contributed by atoms with Gasteiger partial charge in [-0.1, -0.05) is 0 Å². The minimum atomic E-state index is -0.513. The van der Waals surface area contributed by atoms with Crippen molar-refractivity contribution in [3.63, 3.8) is 0 Å². The van der Waals surface area contributed by atoms with Gasteiger partial charge in [0, 0.05) is 6.54 Å². The lowest BCUT2D eigenvalue weighted by Gasteiger charge is -2.34. The Balaban J connectivity index is 1.70. The van der Waals surface area contributed by atoms with Crippen LogP contribution in [0, 0.1) is 5.92 Å². The molecule has 27 heavy (non-hydrogen) atoms. The first-order valence-corrected chi connectivity index (χ1v) is 9.55. The van der Waals surface area contributed by atoms with Gasteiger partial charge in [-0.2, -0.15) is 0 Å². The van der Waals surface area contributed by atoms with E-state index in [4.69, 9.17) is 9.47 Å². The normalized spacial score (nSPS) is 23.6. The molecule has 0 bridgehead atoms. The fourth-order valence-corrected chi connectivity index (χ4v) is 3.77. The van der Waals surface area contributed by atoms with Crippen molar-refractivity contribution in [3.8, 4) is 5.75 Å². The third-order valence-corrected chi connectivity index (χ3v) is 5.04. The lowest BCUT2D eigenvalue weighted by molar-refractivity contribution is -0.150. The van der Waals surface area contributed by atoms with Crippen molar-refractivity contribution in [1.29, 1.82) is 0 Å². The maximum absolute atomic E-state index is 12.9. The van der Waals surface area contributed by atoms with Gasteiger partial charge in [-0.25, -0.2) is 4.90 Å². The van der Waals surface area contributed by atoms with Gasteiger partial charge in [-0.3, -0.25) is 19.3 Å². The Morgan fingerprint density at radius 2 is 1.89 bits per heavy atom. The average Bonchev–Trinajstić information content (AvgIpc) is 2.97. The standard InChI is InChI=1S/C20H26N2O5/c1-3-26-16-9-7-15(8-10-16)22-18(23)12-17(19(22)24)21-11-5-6-14(13-21)20(25)27-4-2/h7-10,14,17H,3-6,11-13H2,1-2H3/t14-,17+/m0/s1. The van der Waals surface area contributed by atoms with E-state index in [-0.39, 0.29) is 30.1 Å². The van der Waals surface area contributed by atoms with E-state index in [2.05, 4.69) is 0 Å². The van der Waals surface area contributed by atoms with Crippen LogP contribution >= 0.6 is 0 Å². The first-order chi connectivity index (χ1) is 13.0. The van der Waals surface area contributed by atoms with Gasteiger partial charge in [0.05, 0.1) is 37.3 Å². The predicted molar refractivity (Wildman–Crippen MR) is 99.4 cm³/mol. The second-order valence-corrected chi connectivity index (χ2v) is 6.80. The van der Waals surface area contributed by atoms with E-state index in [1.807, 2.05) is 11.8 Å². The van der Waals surface area contributed by atoms with Gasteiger partial charge in [-0.05, 0) is 57.5 Å². The van der Waals surface area contributed by atoms with Crippen molar-refractivity contribution < 1.29 is 23.9 Å². The highest BCUT2D eigenvalue weighted by atomic mass is 16.5. The zero-order valence-electron chi connectivity index (χ0n) is 15.8. The summed E-state index contributed by atoms with van der Waals surface area (Å²) in [6.07, 6.45) is 1.71. The molecule has 2 amide bonds. The van der Waals surface area contributed by atoms with Crippen LogP contribution in [0.5, 0.6) is 5.75 Å². The number of hydrogen-bond acceptors (Lipinski definition) is 6. The van der Waals surface area contributed by atoms with E-state index in [1.165, 1.54) is 4.90 Å². The highest BCUT2D eigenvalue weighted by molar-refractivity contribution is 6.22. The topological polar surface area (TPSA) is 76.2 Å². The average molecular weight is 374 g/mol. The summed E-state index contributed by atoms with van der Waals surface area (Å²) in [5, 5.41) is 0. The summed E-state index contributed by atoms with van der Waals surface area (Å²) in [5.74, 6) is -0.199. The lowest BCUT2D eigenvalue weighted by Crippen LogP contribution is -2.48. The molecule has 7 heteroatoms. The fraction of sp³-hybridized carbons (Fsp3) is 0.550. The number of esters is 1. The Morgan fingerprint density at radius 3 is 2.56 bits per heavy atom. The monoisotopic (exact) mass is 374 g/mol. The van der Waals surface area contributed by atoms with Crippen LogP contribution in [0.2, 0.25) is 0 Å². The van der Waals surface area contributed by atoms with Gasteiger partial charge in [0.15, 0.2) is 0 Å². The number of piperidine rings is 1. The van der Waals surface area contributed by atoms with Crippen molar-refractivity contribution in [2.24, 2.45) is 5.92 Å².